The van der Waals surface area contributed by atoms with E-state index in [2.05, 4.69) is 0 Å². The standard InChI is InChI=1S/C22H9BF15.K/c1-2-3-4-23(5-8(24)14(30)20(36)15(31)9(5)25,6-10(26)16(32)21(37)17(33)11(6)27)7-12(28)18(34)22(38)19(35)13(7)29;/h2-4H2,1H3;/q-1;+1. The molecule has 0 radical (unpaired) electrons. The fourth-order valence-electron chi connectivity index (χ4n) is 4.54. The zero-order chi connectivity index (χ0) is 29.0. The molecule has 0 heterocycles. The van der Waals surface area contributed by atoms with E-state index in [0.717, 1.165) is 0 Å². The van der Waals surface area contributed by atoms with Crippen molar-refractivity contribution in [2.75, 3.05) is 0 Å². The molecule has 0 aliphatic rings. The van der Waals surface area contributed by atoms with Gasteiger partial charge in [0.2, 0.25) is 0 Å². The first-order valence-electron chi connectivity index (χ1n) is 10.3. The van der Waals surface area contributed by atoms with E-state index in [1.165, 1.54) is 6.92 Å². The predicted molar refractivity (Wildman–Crippen MR) is 103 cm³/mol. The van der Waals surface area contributed by atoms with Crippen molar-refractivity contribution in [3.8, 4) is 0 Å². The molecule has 3 aromatic rings. The predicted octanol–water partition coefficient (Wildman–Crippen LogP) is 3.05. The largest absolute Gasteiger partial charge is 1.00 e. The number of benzene rings is 3. The first-order chi connectivity index (χ1) is 17.6. The molecule has 206 valence electrons. The van der Waals surface area contributed by atoms with Gasteiger partial charge in [-0.15, -0.1) is 16.4 Å². The Morgan fingerprint density at radius 3 is 0.718 bits per heavy atom. The van der Waals surface area contributed by atoms with Crippen LogP contribution in [0.15, 0.2) is 0 Å². The summed E-state index contributed by atoms with van der Waals surface area (Å²) in [7, 11) is 0. The van der Waals surface area contributed by atoms with Crippen LogP contribution >= 0.6 is 0 Å². The molecule has 0 N–H and O–H groups in total. The van der Waals surface area contributed by atoms with Gasteiger partial charge in [-0.1, -0.05) is 19.8 Å². The minimum atomic E-state index is -5.41. The Kier molecular flexibility index (Phi) is 10.4. The summed E-state index contributed by atoms with van der Waals surface area (Å²) in [5.41, 5.74) is -7.70. The quantitative estimate of drug-likeness (QED) is 0.175. The van der Waals surface area contributed by atoms with Gasteiger partial charge in [0.05, 0.1) is 0 Å². The maximum absolute atomic E-state index is 15.1. The summed E-state index contributed by atoms with van der Waals surface area (Å²) in [5, 5.41) is 0. The van der Waals surface area contributed by atoms with Gasteiger partial charge in [0, 0.05) is 0 Å². The summed E-state index contributed by atoms with van der Waals surface area (Å²) >= 11 is 0. The third-order valence-electron chi connectivity index (χ3n) is 6.20. The van der Waals surface area contributed by atoms with Crippen molar-refractivity contribution >= 4 is 22.5 Å². The van der Waals surface area contributed by atoms with E-state index >= 15 is 26.3 Å². The molecule has 17 heteroatoms. The van der Waals surface area contributed by atoms with Gasteiger partial charge in [-0.25, -0.2) is 65.9 Å². The Labute approximate surface area is 251 Å². The van der Waals surface area contributed by atoms with Crippen LogP contribution in [-0.4, -0.2) is 6.15 Å². The zero-order valence-electron chi connectivity index (χ0n) is 19.4. The van der Waals surface area contributed by atoms with Crippen LogP contribution in [0.3, 0.4) is 0 Å². The van der Waals surface area contributed by atoms with Gasteiger partial charge >= 0.3 is 51.4 Å². The van der Waals surface area contributed by atoms with Gasteiger partial charge in [0.25, 0.3) is 0 Å². The Hall–Kier alpha value is -1.69. The van der Waals surface area contributed by atoms with Gasteiger partial charge in [0.1, 0.15) is 41.0 Å². The molecule has 0 fully saturated rings. The van der Waals surface area contributed by atoms with E-state index < -0.39 is 123 Å². The average molecular weight is 608 g/mol. The van der Waals surface area contributed by atoms with Gasteiger partial charge in [-0.05, 0) is 0 Å². The van der Waals surface area contributed by atoms with Gasteiger partial charge in [-0.2, -0.15) is 6.32 Å². The number of hydrogen-bond donors (Lipinski definition) is 0. The van der Waals surface area contributed by atoms with Crippen LogP contribution in [0.4, 0.5) is 65.9 Å². The van der Waals surface area contributed by atoms with Crippen molar-refractivity contribution in [2.24, 2.45) is 0 Å². The molecular formula is C22H9BF15K. The van der Waals surface area contributed by atoms with Crippen LogP contribution in [0.5, 0.6) is 0 Å². The van der Waals surface area contributed by atoms with Crippen LogP contribution in [0.2, 0.25) is 6.32 Å². The second-order valence-corrected chi connectivity index (χ2v) is 8.14. The molecule has 0 saturated carbocycles. The summed E-state index contributed by atoms with van der Waals surface area (Å²) in [4.78, 5) is 0. The molecule has 0 nitrogen and oxygen atoms in total. The van der Waals surface area contributed by atoms with Crippen LogP contribution in [0.25, 0.3) is 0 Å². The molecule has 0 aliphatic heterocycles. The molecule has 39 heavy (non-hydrogen) atoms. The fraction of sp³-hybridized carbons (Fsp3) is 0.182. The second-order valence-electron chi connectivity index (χ2n) is 8.14. The van der Waals surface area contributed by atoms with Crippen molar-refractivity contribution in [1.82, 2.24) is 0 Å². The minimum absolute atomic E-state index is 0. The van der Waals surface area contributed by atoms with Crippen molar-refractivity contribution in [2.45, 2.75) is 26.1 Å². The maximum atomic E-state index is 15.1. The van der Waals surface area contributed by atoms with Crippen molar-refractivity contribution in [3.05, 3.63) is 87.3 Å². The molecular weight excluding hydrogens is 599 g/mol. The molecule has 3 aromatic carbocycles. The van der Waals surface area contributed by atoms with Crippen molar-refractivity contribution < 1.29 is 117 Å². The first-order valence-corrected chi connectivity index (χ1v) is 10.3. The van der Waals surface area contributed by atoms with Gasteiger partial charge in [-0.3, -0.25) is 0 Å². The Morgan fingerprint density at radius 1 is 0.359 bits per heavy atom. The van der Waals surface area contributed by atoms with Gasteiger partial charge < -0.3 is 0 Å². The summed E-state index contributed by atoms with van der Waals surface area (Å²) in [5.74, 6) is -44.7. The van der Waals surface area contributed by atoms with E-state index in [9.17, 15) is 39.5 Å². The Bertz CT molecular complexity index is 1220. The van der Waals surface area contributed by atoms with Crippen molar-refractivity contribution in [1.29, 1.82) is 0 Å². The average Bonchev–Trinajstić information content (AvgIpc) is 2.89. The number of unbranched alkanes of at least 4 members (excludes halogenated alkanes) is 1. The smallest absolute Gasteiger partial charge is 0.207 e. The van der Waals surface area contributed by atoms with E-state index in [1.807, 2.05) is 0 Å². The molecule has 0 saturated heterocycles. The molecule has 0 amide bonds. The normalized spacial score (nSPS) is 11.7. The van der Waals surface area contributed by atoms with Gasteiger partial charge in [0.15, 0.2) is 52.4 Å². The third-order valence-corrected chi connectivity index (χ3v) is 6.20. The molecule has 0 aromatic heterocycles. The van der Waals surface area contributed by atoms with Crippen LogP contribution < -0.4 is 67.8 Å². The molecule has 0 bridgehead atoms. The van der Waals surface area contributed by atoms with Crippen LogP contribution in [0, 0.1) is 87.3 Å². The number of halogens is 15. The maximum Gasteiger partial charge on any atom is 1.00 e. The second kappa shape index (κ2) is 12.0. The summed E-state index contributed by atoms with van der Waals surface area (Å²) < 4.78 is 217. The van der Waals surface area contributed by atoms with E-state index in [1.54, 1.807) is 0 Å². The Morgan fingerprint density at radius 2 is 0.538 bits per heavy atom. The molecule has 0 spiro atoms. The molecule has 0 aliphatic carbocycles. The zero-order valence-corrected chi connectivity index (χ0v) is 22.5. The monoisotopic (exact) mass is 608 g/mol. The first kappa shape index (κ1) is 33.5. The summed E-state index contributed by atoms with van der Waals surface area (Å²) in [6.07, 6.45) is -8.14. The molecule has 3 rings (SSSR count). The molecule has 0 atom stereocenters. The SMILES string of the molecule is CCCC[B-](c1c(F)c(F)c(F)c(F)c1F)(c1c(F)c(F)c(F)c(F)c1F)c1c(F)c(F)c(F)c(F)c1F.[K+]. The number of hydrogen-bond acceptors (Lipinski definition) is 0. The topological polar surface area (TPSA) is 0 Å². The number of rotatable bonds is 6. The van der Waals surface area contributed by atoms with E-state index in [0.29, 0.717) is 0 Å². The van der Waals surface area contributed by atoms with Crippen LogP contribution in [0.1, 0.15) is 19.8 Å². The summed E-state index contributed by atoms with van der Waals surface area (Å²) in [6, 6.07) is 0. The van der Waals surface area contributed by atoms with E-state index in [-0.39, 0.29) is 57.8 Å². The Balaban J connectivity index is 0.00000533. The van der Waals surface area contributed by atoms with Crippen LogP contribution in [-0.2, 0) is 0 Å². The minimum Gasteiger partial charge on any atom is -0.207 e. The van der Waals surface area contributed by atoms with E-state index in [4.69, 9.17) is 0 Å². The van der Waals surface area contributed by atoms with Crippen molar-refractivity contribution in [3.63, 3.8) is 0 Å². The fourth-order valence-corrected chi connectivity index (χ4v) is 4.54. The summed E-state index contributed by atoms with van der Waals surface area (Å²) in [6.45, 7) is 1.18. The third kappa shape index (κ3) is 4.91. The molecule has 0 unspecified atom stereocenters.